The number of sulfone groups is 1. The Balaban J connectivity index is 1.62. The summed E-state index contributed by atoms with van der Waals surface area (Å²) in [5.41, 5.74) is 1.45. The topological polar surface area (TPSA) is 83.5 Å². The monoisotopic (exact) mass is 441 g/mol. The molecular formula is C18H19NO4S4. The number of amides is 1. The Morgan fingerprint density at radius 3 is 2.37 bits per heavy atom. The van der Waals surface area contributed by atoms with E-state index in [0.29, 0.717) is 12.8 Å². The molecule has 27 heavy (non-hydrogen) atoms. The van der Waals surface area contributed by atoms with Crippen molar-refractivity contribution in [3.05, 3.63) is 46.7 Å². The number of carbonyl (C=O) groups excluding carboxylic acids is 1. The van der Waals surface area contributed by atoms with Crippen molar-refractivity contribution in [3.8, 4) is 19.5 Å². The average molecular weight is 442 g/mol. The highest BCUT2D eigenvalue weighted by molar-refractivity contribution is 7.92. The number of hydrogen-bond donors (Lipinski definition) is 2. The third-order valence-corrected chi connectivity index (χ3v) is 9.06. The Bertz CT molecular complexity index is 1000. The summed E-state index contributed by atoms with van der Waals surface area (Å²) in [6.45, 7) is 0. The smallest absolute Gasteiger partial charge is 0.261 e. The summed E-state index contributed by atoms with van der Waals surface area (Å²) in [4.78, 5) is 17.6. The summed E-state index contributed by atoms with van der Waals surface area (Å²) in [7, 11) is -3.55. The van der Waals surface area contributed by atoms with Crippen LogP contribution < -0.4 is 5.48 Å². The highest BCUT2D eigenvalue weighted by atomic mass is 32.2. The molecule has 1 atom stereocenters. The van der Waals surface area contributed by atoms with Gasteiger partial charge in [0, 0.05) is 30.6 Å². The minimum absolute atomic E-state index is 0.181. The standard InChI is InChI=1S/C18H19NO4S4/c1-27(22,23)17(18(20)19-21)6-2-4-12-7-8-15(25-12)16-10-9-14(26-16)13-5-3-11-24-13/h3,5,7-11,17,21H,2,4,6H2,1H3,(H,19,20). The van der Waals surface area contributed by atoms with E-state index in [9.17, 15) is 13.2 Å². The molecule has 3 heterocycles. The summed E-state index contributed by atoms with van der Waals surface area (Å²) in [6, 6.07) is 12.5. The van der Waals surface area contributed by atoms with Crippen molar-refractivity contribution in [2.75, 3.05) is 6.26 Å². The molecule has 2 N–H and O–H groups in total. The minimum atomic E-state index is -3.55. The van der Waals surface area contributed by atoms with Gasteiger partial charge in [-0.2, -0.15) is 0 Å². The van der Waals surface area contributed by atoms with Gasteiger partial charge in [-0.1, -0.05) is 6.07 Å². The second-order valence-electron chi connectivity index (χ2n) is 6.09. The van der Waals surface area contributed by atoms with Gasteiger partial charge in [-0.3, -0.25) is 10.0 Å². The largest absolute Gasteiger partial charge is 0.289 e. The summed E-state index contributed by atoms with van der Waals surface area (Å²) < 4.78 is 23.4. The zero-order valence-corrected chi connectivity index (χ0v) is 17.8. The molecule has 0 aliphatic heterocycles. The number of thiophene rings is 3. The molecule has 1 unspecified atom stereocenters. The summed E-state index contributed by atoms with van der Waals surface area (Å²) in [5.74, 6) is -0.871. The maximum absolute atomic E-state index is 11.7. The van der Waals surface area contributed by atoms with Crippen LogP contribution in [0, 0.1) is 0 Å². The Hall–Kier alpha value is -1.52. The van der Waals surface area contributed by atoms with Gasteiger partial charge >= 0.3 is 0 Å². The molecule has 3 aromatic rings. The fourth-order valence-corrected chi connectivity index (χ4v) is 6.76. The van der Waals surface area contributed by atoms with Crippen LogP contribution in [0.4, 0.5) is 0 Å². The number of rotatable bonds is 8. The van der Waals surface area contributed by atoms with Gasteiger partial charge in [-0.15, -0.1) is 34.0 Å². The van der Waals surface area contributed by atoms with Crippen LogP contribution in [0.5, 0.6) is 0 Å². The van der Waals surface area contributed by atoms with Crippen LogP contribution in [0.2, 0.25) is 0 Å². The maximum Gasteiger partial charge on any atom is 0.261 e. The van der Waals surface area contributed by atoms with Crippen molar-refractivity contribution in [2.45, 2.75) is 24.5 Å². The highest BCUT2D eigenvalue weighted by Gasteiger charge is 2.28. The Labute approximate surface area is 170 Å². The van der Waals surface area contributed by atoms with Crippen LogP contribution >= 0.6 is 34.0 Å². The fourth-order valence-electron chi connectivity index (χ4n) is 2.74. The highest BCUT2D eigenvalue weighted by Crippen LogP contribution is 2.39. The molecule has 0 radical (unpaired) electrons. The predicted molar refractivity (Wildman–Crippen MR) is 112 cm³/mol. The first-order valence-corrected chi connectivity index (χ1v) is 12.7. The number of hydroxylamine groups is 1. The lowest BCUT2D eigenvalue weighted by atomic mass is 10.1. The van der Waals surface area contributed by atoms with Crippen LogP contribution in [0.25, 0.3) is 19.5 Å². The van der Waals surface area contributed by atoms with E-state index in [1.807, 2.05) is 12.1 Å². The van der Waals surface area contributed by atoms with Crippen molar-refractivity contribution >= 4 is 49.8 Å². The molecule has 0 saturated carbocycles. The van der Waals surface area contributed by atoms with Crippen LogP contribution in [0.3, 0.4) is 0 Å². The van der Waals surface area contributed by atoms with Gasteiger partial charge in [0.05, 0.1) is 0 Å². The molecule has 144 valence electrons. The quantitative estimate of drug-likeness (QED) is 0.400. The van der Waals surface area contributed by atoms with E-state index in [4.69, 9.17) is 5.21 Å². The fraction of sp³-hybridized carbons (Fsp3) is 0.278. The van der Waals surface area contributed by atoms with Gasteiger partial charge < -0.3 is 0 Å². The van der Waals surface area contributed by atoms with Crippen LogP contribution in [0.15, 0.2) is 41.8 Å². The molecule has 0 aliphatic rings. The van der Waals surface area contributed by atoms with Crippen LogP contribution in [-0.4, -0.2) is 31.0 Å². The third-order valence-electron chi connectivity index (χ3n) is 4.08. The number of hydrogen-bond acceptors (Lipinski definition) is 7. The van der Waals surface area contributed by atoms with E-state index in [2.05, 4.69) is 29.6 Å². The summed E-state index contributed by atoms with van der Waals surface area (Å²) in [6.07, 6.45) is 2.44. The number of aryl methyl sites for hydroxylation is 1. The zero-order chi connectivity index (χ0) is 19.4. The number of carbonyl (C=O) groups is 1. The molecule has 1 amide bonds. The normalized spacial score (nSPS) is 12.8. The predicted octanol–water partition coefficient (Wildman–Crippen LogP) is 4.45. The zero-order valence-electron chi connectivity index (χ0n) is 14.5. The maximum atomic E-state index is 11.7. The third kappa shape index (κ3) is 5.05. The Morgan fingerprint density at radius 1 is 1.07 bits per heavy atom. The SMILES string of the molecule is CS(=O)(=O)C(CCCc1ccc(-c2ccc(-c3cccs3)s2)s1)C(=O)NO. The molecule has 0 fully saturated rings. The van der Waals surface area contributed by atoms with E-state index in [1.54, 1.807) is 34.0 Å². The van der Waals surface area contributed by atoms with E-state index in [-0.39, 0.29) is 6.42 Å². The van der Waals surface area contributed by atoms with Crippen molar-refractivity contribution in [1.82, 2.24) is 5.48 Å². The van der Waals surface area contributed by atoms with Crippen molar-refractivity contribution in [1.29, 1.82) is 0 Å². The Morgan fingerprint density at radius 2 is 1.74 bits per heavy atom. The van der Waals surface area contributed by atoms with Crippen molar-refractivity contribution in [2.24, 2.45) is 0 Å². The molecule has 0 saturated heterocycles. The molecule has 0 aliphatic carbocycles. The molecule has 0 spiro atoms. The van der Waals surface area contributed by atoms with Gasteiger partial charge in [-0.25, -0.2) is 13.9 Å². The first-order chi connectivity index (χ1) is 12.9. The van der Waals surface area contributed by atoms with Gasteiger partial charge in [0.2, 0.25) is 0 Å². The average Bonchev–Trinajstić information content (AvgIpc) is 3.37. The summed E-state index contributed by atoms with van der Waals surface area (Å²) >= 11 is 5.17. The van der Waals surface area contributed by atoms with Gasteiger partial charge in [0.1, 0.15) is 5.25 Å². The van der Waals surface area contributed by atoms with Crippen molar-refractivity contribution < 1.29 is 18.4 Å². The lowest BCUT2D eigenvalue weighted by Gasteiger charge is -2.12. The second-order valence-corrected chi connectivity index (χ2v) is 11.5. The van der Waals surface area contributed by atoms with E-state index in [0.717, 1.165) is 11.1 Å². The molecule has 9 heteroatoms. The van der Waals surface area contributed by atoms with Gasteiger partial charge in [0.15, 0.2) is 9.84 Å². The summed E-state index contributed by atoms with van der Waals surface area (Å²) in [5, 5.41) is 9.58. The second kappa shape index (κ2) is 8.66. The molecule has 0 aromatic carbocycles. The van der Waals surface area contributed by atoms with E-state index >= 15 is 0 Å². The van der Waals surface area contributed by atoms with E-state index < -0.39 is 21.0 Å². The van der Waals surface area contributed by atoms with E-state index in [1.165, 1.54) is 25.0 Å². The first-order valence-electron chi connectivity index (χ1n) is 8.24. The lowest BCUT2D eigenvalue weighted by molar-refractivity contribution is -0.128. The molecule has 0 bridgehead atoms. The molecule has 5 nitrogen and oxygen atoms in total. The Kier molecular flexibility index (Phi) is 6.48. The number of nitrogens with one attached hydrogen (secondary N) is 1. The molecular weight excluding hydrogens is 422 g/mol. The van der Waals surface area contributed by atoms with Gasteiger partial charge in [-0.05, 0) is 55.0 Å². The van der Waals surface area contributed by atoms with Crippen molar-refractivity contribution in [3.63, 3.8) is 0 Å². The lowest BCUT2D eigenvalue weighted by Crippen LogP contribution is -2.37. The van der Waals surface area contributed by atoms with Gasteiger partial charge in [0.25, 0.3) is 5.91 Å². The van der Waals surface area contributed by atoms with Crippen LogP contribution in [-0.2, 0) is 21.1 Å². The first kappa shape index (κ1) is 20.2. The van der Waals surface area contributed by atoms with Crippen LogP contribution in [0.1, 0.15) is 17.7 Å². The minimum Gasteiger partial charge on any atom is -0.289 e. The molecule has 3 rings (SSSR count). The molecule has 3 aromatic heterocycles.